The first kappa shape index (κ1) is 13.8. The fourth-order valence-corrected chi connectivity index (χ4v) is 5.28. The number of aromatic nitrogens is 2. The summed E-state index contributed by atoms with van der Waals surface area (Å²) in [6.45, 7) is 4.09. The molecule has 0 aliphatic carbocycles. The number of nitrogens with zero attached hydrogens (tertiary/aromatic N) is 2. The minimum absolute atomic E-state index is 0.274. The standard InChI is InChI=1S/C9H11N3O2S4/c1-6(2)16-9-11-10-8(17-9)12-18(13,14)7-4-3-5-15-7/h3-6H,1-2H3,(H,10,12). The second-order valence-electron chi connectivity index (χ2n) is 3.58. The highest BCUT2D eigenvalue weighted by Crippen LogP contribution is 2.30. The van der Waals surface area contributed by atoms with Gasteiger partial charge in [-0.25, -0.2) is 8.42 Å². The molecular weight excluding hydrogens is 310 g/mol. The number of rotatable bonds is 5. The lowest BCUT2D eigenvalue weighted by molar-refractivity contribution is 0.603. The fraction of sp³-hybridized carbons (Fsp3) is 0.333. The van der Waals surface area contributed by atoms with E-state index >= 15 is 0 Å². The van der Waals surface area contributed by atoms with Gasteiger partial charge in [-0.2, -0.15) is 0 Å². The highest BCUT2D eigenvalue weighted by atomic mass is 32.2. The van der Waals surface area contributed by atoms with Gasteiger partial charge in [-0.1, -0.05) is 43.0 Å². The quantitative estimate of drug-likeness (QED) is 0.857. The van der Waals surface area contributed by atoms with E-state index in [0.29, 0.717) is 10.4 Å². The minimum atomic E-state index is -3.52. The first-order chi connectivity index (χ1) is 8.47. The molecule has 2 aromatic rings. The van der Waals surface area contributed by atoms with Crippen molar-refractivity contribution in [1.29, 1.82) is 0 Å². The number of hydrogen-bond acceptors (Lipinski definition) is 7. The SMILES string of the molecule is CC(C)Sc1nnc(NS(=O)(=O)c2cccs2)s1. The van der Waals surface area contributed by atoms with E-state index in [1.807, 2.05) is 13.8 Å². The van der Waals surface area contributed by atoms with Crippen molar-refractivity contribution in [3.63, 3.8) is 0 Å². The zero-order chi connectivity index (χ0) is 13.2. The number of anilines is 1. The highest BCUT2D eigenvalue weighted by molar-refractivity contribution is 8.01. The molecule has 5 nitrogen and oxygen atoms in total. The lowest BCUT2D eigenvalue weighted by Gasteiger charge is -2.00. The van der Waals surface area contributed by atoms with Crippen molar-refractivity contribution in [2.24, 2.45) is 0 Å². The summed E-state index contributed by atoms with van der Waals surface area (Å²) in [5.74, 6) is 0. The Balaban J connectivity index is 2.12. The van der Waals surface area contributed by atoms with Crippen molar-refractivity contribution in [2.45, 2.75) is 27.6 Å². The van der Waals surface area contributed by atoms with E-state index in [1.165, 1.54) is 22.7 Å². The molecule has 2 aromatic heterocycles. The van der Waals surface area contributed by atoms with Crippen LogP contribution in [0.5, 0.6) is 0 Å². The maximum absolute atomic E-state index is 11.9. The molecule has 98 valence electrons. The van der Waals surface area contributed by atoms with Crippen LogP contribution in [0.25, 0.3) is 0 Å². The maximum atomic E-state index is 11.9. The molecular formula is C9H11N3O2S4. The van der Waals surface area contributed by atoms with Crippen LogP contribution in [0, 0.1) is 0 Å². The highest BCUT2D eigenvalue weighted by Gasteiger charge is 2.18. The third-order valence-electron chi connectivity index (χ3n) is 1.72. The fourth-order valence-electron chi connectivity index (χ4n) is 1.08. The Morgan fingerprint density at radius 3 is 2.78 bits per heavy atom. The largest absolute Gasteiger partial charge is 0.273 e. The van der Waals surface area contributed by atoms with E-state index in [0.717, 1.165) is 4.34 Å². The Morgan fingerprint density at radius 1 is 1.39 bits per heavy atom. The molecule has 0 spiro atoms. The van der Waals surface area contributed by atoms with Gasteiger partial charge in [0.15, 0.2) is 4.34 Å². The summed E-state index contributed by atoms with van der Waals surface area (Å²) >= 11 is 3.96. The van der Waals surface area contributed by atoms with Crippen LogP contribution in [0.15, 0.2) is 26.1 Å². The van der Waals surface area contributed by atoms with Gasteiger partial charge in [0.25, 0.3) is 10.0 Å². The van der Waals surface area contributed by atoms with Crippen molar-refractivity contribution in [3.8, 4) is 0 Å². The number of sulfonamides is 1. The molecule has 0 aliphatic heterocycles. The van der Waals surface area contributed by atoms with Crippen LogP contribution < -0.4 is 4.72 Å². The summed E-state index contributed by atoms with van der Waals surface area (Å²) in [4.78, 5) is 0. The van der Waals surface area contributed by atoms with Crippen molar-refractivity contribution in [3.05, 3.63) is 17.5 Å². The van der Waals surface area contributed by atoms with E-state index in [2.05, 4.69) is 14.9 Å². The summed E-state index contributed by atoms with van der Waals surface area (Å²) in [6.07, 6.45) is 0. The summed E-state index contributed by atoms with van der Waals surface area (Å²) < 4.78 is 27.3. The van der Waals surface area contributed by atoms with Gasteiger partial charge in [0, 0.05) is 5.25 Å². The lowest BCUT2D eigenvalue weighted by atomic mass is 10.6. The predicted molar refractivity (Wildman–Crippen MR) is 76.0 cm³/mol. The molecule has 0 saturated heterocycles. The first-order valence-corrected chi connectivity index (χ1v) is 9.10. The molecule has 0 radical (unpaired) electrons. The molecule has 2 rings (SSSR count). The molecule has 0 saturated carbocycles. The van der Waals surface area contributed by atoms with Gasteiger partial charge >= 0.3 is 0 Å². The average Bonchev–Trinajstić information content (AvgIpc) is 2.87. The molecule has 0 unspecified atom stereocenters. The third kappa shape index (κ3) is 3.44. The van der Waals surface area contributed by atoms with Crippen molar-refractivity contribution < 1.29 is 8.42 Å². The summed E-state index contributed by atoms with van der Waals surface area (Å²) in [5.41, 5.74) is 0. The molecule has 2 heterocycles. The molecule has 0 atom stereocenters. The van der Waals surface area contributed by atoms with E-state index in [9.17, 15) is 8.42 Å². The smallest absolute Gasteiger partial charge is 0.252 e. The Hall–Kier alpha value is -0.640. The average molecular weight is 321 g/mol. The van der Waals surface area contributed by atoms with Crippen LogP contribution >= 0.6 is 34.4 Å². The van der Waals surface area contributed by atoms with Gasteiger partial charge in [0.05, 0.1) is 0 Å². The second-order valence-corrected chi connectivity index (χ2v) is 9.24. The van der Waals surface area contributed by atoms with E-state index < -0.39 is 10.0 Å². The van der Waals surface area contributed by atoms with E-state index in [1.54, 1.807) is 29.3 Å². The Bertz CT molecular complexity index is 604. The second kappa shape index (κ2) is 5.55. The van der Waals surface area contributed by atoms with Crippen LogP contribution in [0.1, 0.15) is 13.8 Å². The van der Waals surface area contributed by atoms with E-state index in [4.69, 9.17) is 0 Å². The van der Waals surface area contributed by atoms with E-state index in [-0.39, 0.29) is 4.21 Å². The van der Waals surface area contributed by atoms with Crippen molar-refractivity contribution in [2.75, 3.05) is 4.72 Å². The molecule has 0 aromatic carbocycles. The molecule has 0 amide bonds. The van der Waals surface area contributed by atoms with Crippen LogP contribution in [-0.2, 0) is 10.0 Å². The van der Waals surface area contributed by atoms with Crippen LogP contribution in [0.2, 0.25) is 0 Å². The van der Waals surface area contributed by atoms with Gasteiger partial charge in [-0.05, 0) is 11.4 Å². The molecule has 1 N–H and O–H groups in total. The normalized spacial score (nSPS) is 11.9. The van der Waals surface area contributed by atoms with Crippen molar-refractivity contribution >= 4 is 49.6 Å². The molecule has 0 fully saturated rings. The maximum Gasteiger partial charge on any atom is 0.273 e. The van der Waals surface area contributed by atoms with Crippen LogP contribution in [0.3, 0.4) is 0 Å². The molecule has 18 heavy (non-hydrogen) atoms. The number of nitrogens with one attached hydrogen (secondary N) is 1. The van der Waals surface area contributed by atoms with Crippen LogP contribution in [-0.4, -0.2) is 23.9 Å². The molecule has 0 bridgehead atoms. The molecule has 0 aliphatic rings. The monoisotopic (exact) mass is 321 g/mol. The molecule has 9 heteroatoms. The van der Waals surface area contributed by atoms with Gasteiger partial charge in [0.1, 0.15) is 4.21 Å². The zero-order valence-corrected chi connectivity index (χ0v) is 12.9. The number of thiophene rings is 1. The summed E-state index contributed by atoms with van der Waals surface area (Å²) in [7, 11) is -3.52. The minimum Gasteiger partial charge on any atom is -0.252 e. The van der Waals surface area contributed by atoms with Gasteiger partial charge in [-0.15, -0.1) is 21.5 Å². The summed E-state index contributed by atoms with van der Waals surface area (Å²) in [6, 6.07) is 3.25. The Morgan fingerprint density at radius 2 is 2.17 bits per heavy atom. The topological polar surface area (TPSA) is 72.0 Å². The Kier molecular flexibility index (Phi) is 4.25. The summed E-state index contributed by atoms with van der Waals surface area (Å²) in [5, 5.41) is 10.2. The van der Waals surface area contributed by atoms with Gasteiger partial charge in [-0.3, -0.25) is 4.72 Å². The zero-order valence-electron chi connectivity index (χ0n) is 9.65. The number of hydrogen-bond donors (Lipinski definition) is 1. The Labute approximate surface area is 118 Å². The van der Waals surface area contributed by atoms with Gasteiger partial charge in [0.2, 0.25) is 5.13 Å². The van der Waals surface area contributed by atoms with Crippen molar-refractivity contribution in [1.82, 2.24) is 10.2 Å². The van der Waals surface area contributed by atoms with Crippen LogP contribution in [0.4, 0.5) is 5.13 Å². The number of thioether (sulfide) groups is 1. The first-order valence-electron chi connectivity index (χ1n) is 5.04. The third-order valence-corrected chi connectivity index (χ3v) is 6.52. The lowest BCUT2D eigenvalue weighted by Crippen LogP contribution is -2.11. The predicted octanol–water partition coefficient (Wildman–Crippen LogP) is 2.90. The van der Waals surface area contributed by atoms with Gasteiger partial charge < -0.3 is 0 Å².